The average molecular weight is 258 g/mol. The summed E-state index contributed by atoms with van der Waals surface area (Å²) < 4.78 is 0. The molecule has 3 rings (SSSR count). The molecule has 0 bridgehead atoms. The Morgan fingerprint density at radius 3 is 3.05 bits per heavy atom. The zero-order valence-corrected chi connectivity index (χ0v) is 11.0. The van der Waals surface area contributed by atoms with Crippen molar-refractivity contribution < 1.29 is 0 Å². The largest absolute Gasteiger partial charge is 0.368 e. The van der Waals surface area contributed by atoms with Gasteiger partial charge in [-0.25, -0.2) is 4.98 Å². The quantitative estimate of drug-likeness (QED) is 0.852. The summed E-state index contributed by atoms with van der Waals surface area (Å²) in [6.45, 7) is 3.90. The second-order valence-electron chi connectivity index (χ2n) is 5.02. The highest BCUT2D eigenvalue weighted by molar-refractivity contribution is 5.44. The van der Waals surface area contributed by atoms with Crippen molar-refractivity contribution in [2.75, 3.05) is 23.7 Å². The van der Waals surface area contributed by atoms with Gasteiger partial charge in [0, 0.05) is 42.7 Å². The van der Waals surface area contributed by atoms with Crippen LogP contribution >= 0.6 is 0 Å². The van der Waals surface area contributed by atoms with Gasteiger partial charge in [0.25, 0.3) is 0 Å². The fourth-order valence-corrected chi connectivity index (χ4v) is 2.67. The molecule has 1 fully saturated rings. The Balaban J connectivity index is 1.81. The van der Waals surface area contributed by atoms with E-state index in [9.17, 15) is 0 Å². The molecule has 0 radical (unpaired) electrons. The molecule has 1 atom stereocenters. The number of aromatic nitrogens is 4. The molecule has 0 aromatic carbocycles. The van der Waals surface area contributed by atoms with Gasteiger partial charge in [-0.3, -0.25) is 5.10 Å². The van der Waals surface area contributed by atoms with Crippen LogP contribution in [-0.2, 0) is 0 Å². The van der Waals surface area contributed by atoms with Crippen LogP contribution < -0.4 is 10.6 Å². The molecule has 100 valence electrons. The van der Waals surface area contributed by atoms with E-state index in [-0.39, 0.29) is 0 Å². The molecule has 0 unspecified atom stereocenters. The van der Waals surface area contributed by atoms with Crippen molar-refractivity contribution in [3.63, 3.8) is 0 Å². The molecule has 6 nitrogen and oxygen atoms in total. The minimum Gasteiger partial charge on any atom is -0.368 e. The third-order valence-electron chi connectivity index (χ3n) is 3.57. The van der Waals surface area contributed by atoms with Gasteiger partial charge >= 0.3 is 0 Å². The van der Waals surface area contributed by atoms with Crippen LogP contribution in [0, 0.1) is 6.92 Å². The Kier molecular flexibility index (Phi) is 3.06. The van der Waals surface area contributed by atoms with Crippen LogP contribution in [-0.4, -0.2) is 33.3 Å². The Morgan fingerprint density at radius 1 is 1.42 bits per heavy atom. The zero-order valence-electron chi connectivity index (χ0n) is 11.0. The van der Waals surface area contributed by atoms with Gasteiger partial charge in [-0.1, -0.05) is 0 Å². The molecule has 6 heteroatoms. The number of aryl methyl sites for hydroxylation is 1. The Hall–Kier alpha value is -2.11. The van der Waals surface area contributed by atoms with Crippen LogP contribution in [0.25, 0.3) is 0 Å². The van der Waals surface area contributed by atoms with Crippen molar-refractivity contribution in [1.29, 1.82) is 0 Å². The maximum Gasteiger partial charge on any atom is 0.222 e. The van der Waals surface area contributed by atoms with Gasteiger partial charge in [-0.2, -0.15) is 10.1 Å². The number of hydrogen-bond donors (Lipinski definition) is 2. The Bertz CT molecular complexity index is 530. The van der Waals surface area contributed by atoms with Gasteiger partial charge < -0.3 is 10.6 Å². The molecule has 3 heterocycles. The third-order valence-corrected chi connectivity index (χ3v) is 3.57. The van der Waals surface area contributed by atoms with Gasteiger partial charge in [0.2, 0.25) is 5.95 Å². The molecule has 0 amide bonds. The molecule has 1 aliphatic heterocycles. The SMILES string of the molecule is Cc1cc(N2CCC[C@H](c3ccn[nH]3)C2)nc(N)n1. The molecule has 2 aromatic rings. The standard InChI is InChI=1S/C13H18N6/c1-9-7-12(17-13(14)16-9)19-6-2-3-10(8-19)11-4-5-15-18-11/h4-5,7,10H,2-3,6,8H2,1H3,(H,15,18)(H2,14,16,17)/t10-/m0/s1. The van der Waals surface area contributed by atoms with Gasteiger partial charge in [-0.05, 0) is 25.8 Å². The fraction of sp³-hybridized carbons (Fsp3) is 0.462. The lowest BCUT2D eigenvalue weighted by molar-refractivity contribution is 0.498. The van der Waals surface area contributed by atoms with E-state index >= 15 is 0 Å². The monoisotopic (exact) mass is 258 g/mol. The van der Waals surface area contributed by atoms with Crippen LogP contribution in [0.3, 0.4) is 0 Å². The van der Waals surface area contributed by atoms with Gasteiger partial charge in [0.15, 0.2) is 0 Å². The number of nitrogens with one attached hydrogen (secondary N) is 1. The molecular formula is C13H18N6. The molecule has 0 aliphatic carbocycles. The van der Waals surface area contributed by atoms with E-state index in [1.54, 1.807) is 6.20 Å². The van der Waals surface area contributed by atoms with E-state index in [2.05, 4.69) is 25.1 Å². The highest BCUT2D eigenvalue weighted by Crippen LogP contribution is 2.28. The Morgan fingerprint density at radius 2 is 2.32 bits per heavy atom. The van der Waals surface area contributed by atoms with Gasteiger partial charge in [0.05, 0.1) is 0 Å². The first-order valence-electron chi connectivity index (χ1n) is 6.58. The summed E-state index contributed by atoms with van der Waals surface area (Å²) in [5.74, 6) is 1.75. The molecule has 1 aliphatic rings. The molecule has 1 saturated heterocycles. The van der Waals surface area contributed by atoms with E-state index in [4.69, 9.17) is 5.73 Å². The molecule has 19 heavy (non-hydrogen) atoms. The molecule has 3 N–H and O–H groups in total. The highest BCUT2D eigenvalue weighted by Gasteiger charge is 2.23. The lowest BCUT2D eigenvalue weighted by atomic mass is 9.95. The molecular weight excluding hydrogens is 240 g/mol. The summed E-state index contributed by atoms with van der Waals surface area (Å²) in [4.78, 5) is 10.7. The first-order chi connectivity index (χ1) is 9.22. The van der Waals surface area contributed by atoms with Crippen LogP contribution in [0.2, 0.25) is 0 Å². The van der Waals surface area contributed by atoms with Crippen LogP contribution in [0.15, 0.2) is 18.3 Å². The minimum atomic E-state index is 0.346. The number of H-pyrrole nitrogens is 1. The van der Waals surface area contributed by atoms with E-state index in [0.717, 1.165) is 31.0 Å². The minimum absolute atomic E-state index is 0.346. The fourth-order valence-electron chi connectivity index (χ4n) is 2.67. The topological polar surface area (TPSA) is 83.7 Å². The summed E-state index contributed by atoms with van der Waals surface area (Å²) in [6.07, 6.45) is 4.13. The van der Waals surface area contributed by atoms with Gasteiger partial charge in [0.1, 0.15) is 5.82 Å². The zero-order chi connectivity index (χ0) is 13.2. The summed E-state index contributed by atoms with van der Waals surface area (Å²) in [5.41, 5.74) is 7.84. The number of piperidine rings is 1. The third kappa shape index (κ3) is 2.52. The number of hydrogen-bond acceptors (Lipinski definition) is 5. The number of anilines is 2. The number of aromatic amines is 1. The first-order valence-corrected chi connectivity index (χ1v) is 6.58. The van der Waals surface area contributed by atoms with Crippen molar-refractivity contribution in [3.8, 4) is 0 Å². The summed E-state index contributed by atoms with van der Waals surface area (Å²) in [6, 6.07) is 4.04. The summed E-state index contributed by atoms with van der Waals surface area (Å²) >= 11 is 0. The van der Waals surface area contributed by atoms with Crippen molar-refractivity contribution in [2.45, 2.75) is 25.7 Å². The van der Waals surface area contributed by atoms with Crippen molar-refractivity contribution in [3.05, 3.63) is 29.7 Å². The smallest absolute Gasteiger partial charge is 0.222 e. The van der Waals surface area contributed by atoms with Crippen molar-refractivity contribution in [2.24, 2.45) is 0 Å². The van der Waals surface area contributed by atoms with Crippen molar-refractivity contribution >= 4 is 11.8 Å². The molecule has 0 spiro atoms. The first kappa shape index (κ1) is 12.0. The van der Waals surface area contributed by atoms with Crippen molar-refractivity contribution in [1.82, 2.24) is 20.2 Å². The maximum atomic E-state index is 5.73. The van der Waals surface area contributed by atoms with Gasteiger partial charge in [-0.15, -0.1) is 0 Å². The number of nitrogen functional groups attached to an aromatic ring is 1. The van der Waals surface area contributed by atoms with E-state index < -0.39 is 0 Å². The number of nitrogens with zero attached hydrogens (tertiary/aromatic N) is 4. The summed E-state index contributed by atoms with van der Waals surface area (Å²) in [5, 5.41) is 7.10. The molecule has 2 aromatic heterocycles. The second-order valence-corrected chi connectivity index (χ2v) is 5.02. The second kappa shape index (κ2) is 4.87. The predicted molar refractivity (Wildman–Crippen MR) is 74.0 cm³/mol. The number of rotatable bonds is 2. The Labute approximate surface area is 112 Å². The lowest BCUT2D eigenvalue weighted by Crippen LogP contribution is -2.35. The highest BCUT2D eigenvalue weighted by atomic mass is 15.2. The maximum absolute atomic E-state index is 5.73. The number of nitrogens with two attached hydrogens (primary N) is 1. The lowest BCUT2D eigenvalue weighted by Gasteiger charge is -2.33. The normalized spacial score (nSPS) is 19.6. The average Bonchev–Trinajstić information content (AvgIpc) is 2.92. The van der Waals surface area contributed by atoms with Crippen LogP contribution in [0.5, 0.6) is 0 Å². The van der Waals surface area contributed by atoms with E-state index in [1.807, 2.05) is 19.1 Å². The predicted octanol–water partition coefficient (Wildman–Crippen LogP) is 1.47. The molecule has 0 saturated carbocycles. The summed E-state index contributed by atoms with van der Waals surface area (Å²) in [7, 11) is 0. The van der Waals surface area contributed by atoms with Crippen LogP contribution in [0.1, 0.15) is 30.1 Å². The van der Waals surface area contributed by atoms with E-state index in [1.165, 1.54) is 12.1 Å². The van der Waals surface area contributed by atoms with Crippen LogP contribution in [0.4, 0.5) is 11.8 Å². The van der Waals surface area contributed by atoms with E-state index in [0.29, 0.717) is 11.9 Å².